The highest BCUT2D eigenvalue weighted by Gasteiger charge is 2.46. The van der Waals surface area contributed by atoms with E-state index in [0.717, 1.165) is 0 Å². The Morgan fingerprint density at radius 3 is 2.35 bits per heavy atom. The second-order valence-corrected chi connectivity index (χ2v) is 4.43. The van der Waals surface area contributed by atoms with Gasteiger partial charge in [-0.2, -0.15) is 4.99 Å². The molecule has 104 valence electrons. The third-order valence-corrected chi connectivity index (χ3v) is 3.52. The zero-order chi connectivity index (χ0) is 14.8. The molecule has 0 aromatic rings. The van der Waals surface area contributed by atoms with Gasteiger partial charge in [0.25, 0.3) is 0 Å². The highest BCUT2D eigenvalue weighted by molar-refractivity contribution is 5.39. The molecule has 0 spiro atoms. The fraction of sp³-hybridized carbons (Fsp3) is 0.667. The lowest BCUT2D eigenvalue weighted by molar-refractivity contribution is 0.179. The van der Waals surface area contributed by atoms with Gasteiger partial charge in [0.05, 0.1) is 19.1 Å². The van der Waals surface area contributed by atoms with E-state index in [9.17, 15) is 19.2 Å². The van der Waals surface area contributed by atoms with Crippen molar-refractivity contribution in [3.8, 4) is 0 Å². The van der Waals surface area contributed by atoms with Crippen LogP contribution in [0.3, 0.4) is 0 Å². The van der Waals surface area contributed by atoms with Gasteiger partial charge in [-0.15, -0.1) is 0 Å². The maximum Gasteiger partial charge on any atom is 0.235 e. The lowest BCUT2D eigenvalue weighted by Crippen LogP contribution is -2.49. The molecule has 8 nitrogen and oxygen atoms in total. The number of carbonyl (C=O) groups excluding carboxylic acids is 4. The number of nitrogens with zero attached hydrogens (tertiary/aromatic N) is 4. The molecule has 0 aromatic heterocycles. The van der Waals surface area contributed by atoms with E-state index in [1.54, 1.807) is 0 Å². The Labute approximate surface area is 114 Å². The Kier molecular flexibility index (Phi) is 6.11. The second kappa shape index (κ2) is 7.85. The van der Waals surface area contributed by atoms with Crippen molar-refractivity contribution in [1.82, 2.24) is 0 Å². The second-order valence-electron chi connectivity index (χ2n) is 4.43. The molecule has 20 heavy (non-hydrogen) atoms. The van der Waals surface area contributed by atoms with Crippen molar-refractivity contribution in [3.05, 3.63) is 0 Å². The predicted octanol–water partition coefficient (Wildman–Crippen LogP) is 0.237. The maximum atomic E-state index is 10.7. The van der Waals surface area contributed by atoms with E-state index in [0.29, 0.717) is 19.3 Å². The molecule has 8 heteroatoms. The summed E-state index contributed by atoms with van der Waals surface area (Å²) < 4.78 is 0. The van der Waals surface area contributed by atoms with Gasteiger partial charge in [0, 0.05) is 5.92 Å². The number of rotatable bonds is 6. The molecule has 0 aliphatic heterocycles. The smallest absolute Gasteiger partial charge is 0.211 e. The first-order valence-electron chi connectivity index (χ1n) is 5.97. The lowest BCUT2D eigenvalue weighted by Gasteiger charge is -2.40. The third-order valence-electron chi connectivity index (χ3n) is 3.52. The number of isocyanates is 4. The molecule has 1 aliphatic carbocycles. The third kappa shape index (κ3) is 3.51. The molecule has 1 saturated carbocycles. The Hall–Kier alpha value is -2.48. The summed E-state index contributed by atoms with van der Waals surface area (Å²) in [4.78, 5) is 56.2. The van der Waals surface area contributed by atoms with Crippen LogP contribution in [0.5, 0.6) is 0 Å². The van der Waals surface area contributed by atoms with Gasteiger partial charge >= 0.3 is 0 Å². The van der Waals surface area contributed by atoms with Crippen molar-refractivity contribution < 1.29 is 19.2 Å². The average molecular weight is 276 g/mol. The first-order chi connectivity index (χ1) is 9.74. The largest absolute Gasteiger partial charge is 0.235 e. The van der Waals surface area contributed by atoms with Gasteiger partial charge in [-0.05, 0) is 19.3 Å². The van der Waals surface area contributed by atoms with Crippen LogP contribution in [0.2, 0.25) is 0 Å². The summed E-state index contributed by atoms with van der Waals surface area (Å²) in [6.07, 6.45) is 7.39. The SMILES string of the molecule is O=C=NCC1C(N=C=O)CCCC1(CN=C=O)N=C=O. The van der Waals surface area contributed by atoms with E-state index in [2.05, 4.69) is 20.0 Å². The van der Waals surface area contributed by atoms with Gasteiger partial charge in [0.1, 0.15) is 5.54 Å². The van der Waals surface area contributed by atoms with Crippen molar-refractivity contribution in [2.45, 2.75) is 30.8 Å². The number of aliphatic imine (C=N–C) groups is 4. The van der Waals surface area contributed by atoms with Crippen LogP contribution in [0.25, 0.3) is 0 Å². The quantitative estimate of drug-likeness (QED) is 0.509. The molecule has 0 radical (unpaired) electrons. The summed E-state index contributed by atoms with van der Waals surface area (Å²) in [6, 6.07) is -0.489. The fourth-order valence-corrected chi connectivity index (χ4v) is 2.64. The molecule has 3 atom stereocenters. The Morgan fingerprint density at radius 2 is 1.75 bits per heavy atom. The number of hydrogen-bond acceptors (Lipinski definition) is 8. The Morgan fingerprint density at radius 1 is 1.00 bits per heavy atom. The molecule has 3 unspecified atom stereocenters. The van der Waals surface area contributed by atoms with Crippen LogP contribution in [-0.4, -0.2) is 49.0 Å². The zero-order valence-electron chi connectivity index (χ0n) is 10.6. The van der Waals surface area contributed by atoms with E-state index >= 15 is 0 Å². The molecule has 1 fully saturated rings. The monoisotopic (exact) mass is 276 g/mol. The van der Waals surface area contributed by atoms with E-state index in [1.807, 2.05) is 0 Å². The van der Waals surface area contributed by atoms with Crippen molar-refractivity contribution in [3.63, 3.8) is 0 Å². The van der Waals surface area contributed by atoms with Crippen LogP contribution >= 0.6 is 0 Å². The van der Waals surface area contributed by atoms with Crippen LogP contribution in [0.4, 0.5) is 0 Å². The summed E-state index contributed by atoms with van der Waals surface area (Å²) in [6.45, 7) is -0.103. The standard InChI is InChI=1S/C12H12N4O4/c17-6-13-4-10-11(15-8-19)2-1-3-12(10,16-9-20)5-14-7-18/h10-11H,1-5H2. The molecular weight excluding hydrogens is 264 g/mol. The fourth-order valence-electron chi connectivity index (χ4n) is 2.64. The molecule has 0 N–H and O–H groups in total. The first-order valence-corrected chi connectivity index (χ1v) is 5.97. The average Bonchev–Trinajstić information content (AvgIpc) is 2.45. The van der Waals surface area contributed by atoms with Crippen LogP contribution in [-0.2, 0) is 19.2 Å². The van der Waals surface area contributed by atoms with Crippen LogP contribution in [0.1, 0.15) is 19.3 Å². The minimum Gasteiger partial charge on any atom is -0.211 e. The van der Waals surface area contributed by atoms with Gasteiger partial charge < -0.3 is 0 Å². The molecule has 0 heterocycles. The van der Waals surface area contributed by atoms with Gasteiger partial charge in [0.2, 0.25) is 24.3 Å². The lowest BCUT2D eigenvalue weighted by atomic mass is 9.70. The van der Waals surface area contributed by atoms with Gasteiger partial charge in [-0.25, -0.2) is 34.2 Å². The van der Waals surface area contributed by atoms with Gasteiger partial charge in [-0.1, -0.05) is 0 Å². The molecule has 0 amide bonds. The van der Waals surface area contributed by atoms with Crippen LogP contribution in [0, 0.1) is 5.92 Å². The van der Waals surface area contributed by atoms with E-state index in [-0.39, 0.29) is 13.1 Å². The van der Waals surface area contributed by atoms with Crippen molar-refractivity contribution in [1.29, 1.82) is 0 Å². The van der Waals surface area contributed by atoms with Crippen molar-refractivity contribution in [2.75, 3.05) is 13.1 Å². The molecule has 1 rings (SSSR count). The normalized spacial score (nSPS) is 28.0. The topological polar surface area (TPSA) is 118 Å². The van der Waals surface area contributed by atoms with Crippen molar-refractivity contribution in [2.24, 2.45) is 25.9 Å². The predicted molar refractivity (Wildman–Crippen MR) is 66.1 cm³/mol. The molecule has 0 aromatic carbocycles. The Bertz CT molecular complexity index is 538. The summed E-state index contributed by atoms with van der Waals surface area (Å²) in [5.41, 5.74) is -1.05. The van der Waals surface area contributed by atoms with Gasteiger partial charge in [-0.3, -0.25) is 0 Å². The van der Waals surface area contributed by atoms with E-state index in [4.69, 9.17) is 0 Å². The summed E-state index contributed by atoms with van der Waals surface area (Å²) in [5, 5.41) is 0. The maximum absolute atomic E-state index is 10.7. The van der Waals surface area contributed by atoms with Crippen LogP contribution in [0.15, 0.2) is 20.0 Å². The van der Waals surface area contributed by atoms with E-state index in [1.165, 1.54) is 24.3 Å². The van der Waals surface area contributed by atoms with E-state index < -0.39 is 17.5 Å². The summed E-state index contributed by atoms with van der Waals surface area (Å²) >= 11 is 0. The molecular formula is C12H12N4O4. The molecule has 0 saturated heterocycles. The summed E-state index contributed by atoms with van der Waals surface area (Å²) in [5.74, 6) is -0.516. The van der Waals surface area contributed by atoms with Crippen LogP contribution < -0.4 is 0 Å². The van der Waals surface area contributed by atoms with Crippen molar-refractivity contribution >= 4 is 24.3 Å². The minimum atomic E-state index is -1.05. The highest BCUT2D eigenvalue weighted by Crippen LogP contribution is 2.39. The zero-order valence-corrected chi connectivity index (χ0v) is 10.6. The minimum absolute atomic E-state index is 0.0150. The number of hydrogen-bond donors (Lipinski definition) is 0. The first kappa shape index (κ1) is 15.6. The Balaban J connectivity index is 3.24. The highest BCUT2D eigenvalue weighted by atomic mass is 16.1. The van der Waals surface area contributed by atoms with Gasteiger partial charge in [0.15, 0.2) is 0 Å². The molecule has 0 bridgehead atoms. The summed E-state index contributed by atoms with van der Waals surface area (Å²) in [7, 11) is 0. The molecule has 1 aliphatic rings.